The Labute approximate surface area is 251 Å². The van der Waals surface area contributed by atoms with Crippen molar-refractivity contribution < 1.29 is 8.98 Å². The number of nitrogens with zero attached hydrogens (tertiary/aromatic N) is 3. The van der Waals surface area contributed by atoms with Crippen LogP contribution in [0.15, 0.2) is 114 Å². The van der Waals surface area contributed by atoms with Gasteiger partial charge in [-0.25, -0.2) is 4.57 Å². The van der Waals surface area contributed by atoms with E-state index in [1.807, 2.05) is 18.2 Å². The van der Waals surface area contributed by atoms with Crippen LogP contribution < -0.4 is 14.9 Å². The second kappa shape index (κ2) is 9.16. The summed E-state index contributed by atoms with van der Waals surface area (Å²) in [6.45, 7) is 6.98. The van der Waals surface area contributed by atoms with E-state index in [9.17, 15) is 5.26 Å². The van der Waals surface area contributed by atoms with Crippen molar-refractivity contribution in [2.75, 3.05) is 0 Å². The third-order valence-corrected chi connectivity index (χ3v) is 12.8. The van der Waals surface area contributed by atoms with Crippen LogP contribution in [0.4, 0.5) is 0 Å². The third kappa shape index (κ3) is 3.57. The summed E-state index contributed by atoms with van der Waals surface area (Å²) in [5.74, 6) is 1.04. The summed E-state index contributed by atoms with van der Waals surface area (Å²) in [4.78, 5) is 0. The fraction of sp³-hybridized carbons (Fsp3) is 0.105. The lowest BCUT2D eigenvalue weighted by Gasteiger charge is -2.18. The van der Waals surface area contributed by atoms with Crippen LogP contribution in [0.25, 0.3) is 61.3 Å². The van der Waals surface area contributed by atoms with Crippen molar-refractivity contribution in [1.29, 1.82) is 5.26 Å². The van der Waals surface area contributed by atoms with E-state index in [4.69, 9.17) is 4.42 Å². The van der Waals surface area contributed by atoms with Gasteiger partial charge in [-0.2, -0.15) is 9.83 Å². The van der Waals surface area contributed by atoms with Gasteiger partial charge < -0.3 is 4.42 Å². The number of rotatable bonds is 3. The fourth-order valence-corrected chi connectivity index (χ4v) is 10.2. The van der Waals surface area contributed by atoms with Crippen molar-refractivity contribution in [3.63, 3.8) is 0 Å². The number of aromatic nitrogens is 2. The van der Waals surface area contributed by atoms with Gasteiger partial charge in [-0.15, -0.1) is 0 Å². The molecule has 43 heavy (non-hydrogen) atoms. The van der Waals surface area contributed by atoms with Crippen molar-refractivity contribution in [1.82, 2.24) is 4.57 Å². The second-order valence-corrected chi connectivity index (χ2v) is 16.4. The number of hydrogen-bond donors (Lipinski definition) is 0. The van der Waals surface area contributed by atoms with Crippen LogP contribution >= 0.6 is 0 Å². The molecule has 5 aromatic carbocycles. The van der Waals surface area contributed by atoms with E-state index >= 15 is 0 Å². The lowest BCUT2D eigenvalue weighted by Crippen LogP contribution is -2.49. The van der Waals surface area contributed by atoms with Gasteiger partial charge in [0.2, 0.25) is 0 Å². The summed E-state index contributed by atoms with van der Waals surface area (Å²) in [5, 5.41) is 15.3. The lowest BCUT2D eigenvalue weighted by molar-refractivity contribution is -0.659. The Balaban J connectivity index is 1.41. The summed E-state index contributed by atoms with van der Waals surface area (Å²) in [7, 11) is 0.288. The van der Waals surface area contributed by atoms with E-state index < -0.39 is 8.07 Å². The van der Waals surface area contributed by atoms with Crippen LogP contribution in [-0.2, 0) is 7.05 Å². The normalized spacial score (nSPS) is 13.3. The molecular formula is C38H30N3OSi+. The summed E-state index contributed by atoms with van der Waals surface area (Å²) >= 11 is 0. The molecule has 2 aromatic heterocycles. The molecule has 7 aromatic rings. The minimum Gasteiger partial charge on any atom is -0.454 e. The molecule has 5 heteroatoms. The van der Waals surface area contributed by atoms with Crippen molar-refractivity contribution in [3.8, 4) is 45.4 Å². The number of para-hydroxylation sites is 1. The summed E-state index contributed by atoms with van der Waals surface area (Å²) in [6.07, 6.45) is 4.17. The lowest BCUT2D eigenvalue weighted by atomic mass is 9.94. The molecule has 206 valence electrons. The van der Waals surface area contributed by atoms with Crippen molar-refractivity contribution in [3.05, 3.63) is 121 Å². The Morgan fingerprint density at radius 3 is 2.26 bits per heavy atom. The summed E-state index contributed by atoms with van der Waals surface area (Å²) in [6, 6.07) is 36.7. The average molecular weight is 573 g/mol. The Morgan fingerprint density at radius 2 is 1.47 bits per heavy atom. The minimum absolute atomic E-state index is 0.616. The highest BCUT2D eigenvalue weighted by Gasteiger charge is 2.37. The predicted octanol–water partition coefficient (Wildman–Crippen LogP) is 7.52. The standard InChI is InChI=1S/C38H30N3OSi/c1-24-14-17-29-30-18-15-26(23-39)35(25-16-19-33-31(22-25)28-12-8-9-13-32(28)43(33,3)4)37(30)42-36(29)34(24)38-40(2)20-21-41(38)27-10-6-5-7-11-27/h5-22H,1-4H3/q+1. The van der Waals surface area contributed by atoms with Gasteiger partial charge in [-0.3, -0.25) is 0 Å². The maximum absolute atomic E-state index is 10.3. The maximum Gasteiger partial charge on any atom is 0.297 e. The number of aryl methyl sites for hydroxylation is 2. The Morgan fingerprint density at radius 1 is 0.767 bits per heavy atom. The molecule has 0 radical (unpaired) electrons. The molecule has 0 amide bonds. The second-order valence-electron chi connectivity index (χ2n) is 12.1. The first-order chi connectivity index (χ1) is 20.9. The zero-order chi connectivity index (χ0) is 29.5. The van der Waals surface area contributed by atoms with E-state index in [0.717, 1.165) is 55.7 Å². The number of furan rings is 1. The number of imidazole rings is 1. The molecule has 4 nitrogen and oxygen atoms in total. The molecule has 0 bridgehead atoms. The van der Waals surface area contributed by atoms with Crippen LogP contribution in [0.3, 0.4) is 0 Å². The molecule has 0 saturated heterocycles. The Kier molecular flexibility index (Phi) is 5.43. The van der Waals surface area contributed by atoms with Gasteiger partial charge in [0.1, 0.15) is 37.3 Å². The summed E-state index contributed by atoms with van der Waals surface area (Å²) in [5.41, 5.74) is 9.93. The molecule has 0 fully saturated rings. The SMILES string of the molecule is Cc1ccc2c(oc3c(-c4ccc5c(c4)-c4ccccc4[Si]5(C)C)c(C#N)ccc32)c1-c1n(-c2ccccc2)cc[n+]1C. The fourth-order valence-electron chi connectivity index (χ4n) is 7.11. The zero-order valence-corrected chi connectivity index (χ0v) is 25.6. The highest BCUT2D eigenvalue weighted by Crippen LogP contribution is 2.43. The van der Waals surface area contributed by atoms with E-state index in [0.29, 0.717) is 5.56 Å². The molecule has 0 aliphatic carbocycles. The third-order valence-electron chi connectivity index (χ3n) is 9.27. The van der Waals surface area contributed by atoms with Crippen LogP contribution in [0, 0.1) is 18.3 Å². The Hall–Kier alpha value is -5.18. The van der Waals surface area contributed by atoms with Crippen LogP contribution in [0.5, 0.6) is 0 Å². The van der Waals surface area contributed by atoms with Crippen LogP contribution in [0.1, 0.15) is 11.1 Å². The van der Waals surface area contributed by atoms with Gasteiger partial charge >= 0.3 is 0 Å². The number of hydrogen-bond acceptors (Lipinski definition) is 2. The molecule has 1 aliphatic heterocycles. The molecule has 1 aliphatic rings. The first-order valence-corrected chi connectivity index (χ1v) is 17.6. The van der Waals surface area contributed by atoms with E-state index in [-0.39, 0.29) is 0 Å². The minimum atomic E-state index is -1.78. The van der Waals surface area contributed by atoms with Gasteiger partial charge in [0.25, 0.3) is 5.82 Å². The first-order valence-electron chi connectivity index (χ1n) is 14.6. The quantitative estimate of drug-likeness (QED) is 0.162. The number of nitriles is 1. The topological polar surface area (TPSA) is 45.7 Å². The van der Waals surface area contributed by atoms with E-state index in [2.05, 4.69) is 134 Å². The molecule has 0 N–H and O–H groups in total. The molecule has 3 heterocycles. The van der Waals surface area contributed by atoms with Gasteiger partial charge in [0.05, 0.1) is 18.7 Å². The van der Waals surface area contributed by atoms with Gasteiger partial charge in [0, 0.05) is 16.3 Å². The van der Waals surface area contributed by atoms with Gasteiger partial charge in [-0.05, 0) is 69.9 Å². The highest BCUT2D eigenvalue weighted by molar-refractivity contribution is 7.03. The van der Waals surface area contributed by atoms with Crippen molar-refractivity contribution in [2.24, 2.45) is 7.05 Å². The largest absolute Gasteiger partial charge is 0.454 e. The molecular weight excluding hydrogens is 543 g/mol. The highest BCUT2D eigenvalue weighted by atomic mass is 28.3. The monoisotopic (exact) mass is 572 g/mol. The Bertz CT molecular complexity index is 2300. The summed E-state index contributed by atoms with van der Waals surface area (Å²) < 4.78 is 11.3. The molecule has 0 spiro atoms. The molecule has 8 rings (SSSR count). The van der Waals surface area contributed by atoms with Crippen LogP contribution in [0.2, 0.25) is 13.1 Å². The number of benzene rings is 5. The smallest absolute Gasteiger partial charge is 0.297 e. The van der Waals surface area contributed by atoms with E-state index in [1.165, 1.54) is 21.5 Å². The van der Waals surface area contributed by atoms with Gasteiger partial charge in [0.15, 0.2) is 5.58 Å². The van der Waals surface area contributed by atoms with Crippen LogP contribution in [-0.4, -0.2) is 12.6 Å². The van der Waals surface area contributed by atoms with Gasteiger partial charge in [-0.1, -0.05) is 79.8 Å². The van der Waals surface area contributed by atoms with E-state index in [1.54, 1.807) is 0 Å². The molecule has 0 unspecified atom stereocenters. The predicted molar refractivity (Wildman–Crippen MR) is 177 cm³/mol. The molecule has 0 saturated carbocycles. The average Bonchev–Trinajstić information content (AvgIpc) is 3.67. The van der Waals surface area contributed by atoms with Crippen molar-refractivity contribution in [2.45, 2.75) is 20.0 Å². The van der Waals surface area contributed by atoms with Crippen molar-refractivity contribution >= 4 is 40.4 Å². The molecule has 0 atom stereocenters. The maximum atomic E-state index is 10.3. The zero-order valence-electron chi connectivity index (χ0n) is 24.6. The number of fused-ring (bicyclic) bond motifs is 6. The first kappa shape index (κ1) is 25.5.